The fourth-order valence-electron chi connectivity index (χ4n) is 3.54. The van der Waals surface area contributed by atoms with Gasteiger partial charge in [-0.15, -0.1) is 0 Å². The average Bonchev–Trinajstić information content (AvgIpc) is 3.33. The molecule has 0 aliphatic carbocycles. The number of hydrogen-bond donors (Lipinski definition) is 1. The van der Waals surface area contributed by atoms with Crippen LogP contribution in [0.1, 0.15) is 34.7 Å². The van der Waals surface area contributed by atoms with E-state index in [1.807, 2.05) is 42.5 Å². The van der Waals surface area contributed by atoms with Crippen molar-refractivity contribution in [2.24, 2.45) is 0 Å². The average molecular weight is 414 g/mol. The van der Waals surface area contributed by atoms with E-state index in [0.29, 0.717) is 27.8 Å². The number of pyridine rings is 2. The van der Waals surface area contributed by atoms with Gasteiger partial charge in [-0.05, 0) is 29.7 Å². The summed E-state index contributed by atoms with van der Waals surface area (Å²) >= 11 is 1.39. The van der Waals surface area contributed by atoms with E-state index in [1.54, 1.807) is 6.20 Å². The lowest BCUT2D eigenvalue weighted by Crippen LogP contribution is -2.04. The number of nitriles is 2. The highest BCUT2D eigenvalue weighted by atomic mass is 32.2. The van der Waals surface area contributed by atoms with Gasteiger partial charge in [0.15, 0.2) is 0 Å². The lowest BCUT2D eigenvalue weighted by Gasteiger charge is -2.14. The van der Waals surface area contributed by atoms with Crippen LogP contribution >= 0.6 is 11.8 Å². The first kappa shape index (κ1) is 19.9. The van der Waals surface area contributed by atoms with Crippen molar-refractivity contribution in [2.75, 3.05) is 18.9 Å². The van der Waals surface area contributed by atoms with E-state index >= 15 is 0 Å². The molecule has 7 heteroatoms. The van der Waals surface area contributed by atoms with Crippen LogP contribution in [0.4, 0.5) is 5.82 Å². The second-order valence-corrected chi connectivity index (χ2v) is 7.91. The number of nitrogen functional groups attached to an aromatic ring is 1. The smallest absolute Gasteiger partial charge is 0.143 e. The van der Waals surface area contributed by atoms with Crippen LogP contribution in [-0.4, -0.2) is 23.2 Å². The molecule has 0 amide bonds. The molecule has 1 fully saturated rings. The summed E-state index contributed by atoms with van der Waals surface area (Å²) in [5.41, 5.74) is 10.1. The summed E-state index contributed by atoms with van der Waals surface area (Å²) in [6, 6.07) is 18.0. The second kappa shape index (κ2) is 8.96. The van der Waals surface area contributed by atoms with Gasteiger partial charge in [-0.2, -0.15) is 10.5 Å². The first-order valence-corrected chi connectivity index (χ1v) is 10.5. The molecule has 6 nitrogen and oxygen atoms in total. The summed E-state index contributed by atoms with van der Waals surface area (Å²) in [7, 11) is 0. The molecule has 148 valence electrons. The van der Waals surface area contributed by atoms with Gasteiger partial charge in [-0.25, -0.2) is 4.98 Å². The predicted molar refractivity (Wildman–Crippen MR) is 115 cm³/mol. The van der Waals surface area contributed by atoms with E-state index in [2.05, 4.69) is 22.1 Å². The number of nitrogens with zero attached hydrogens (tertiary/aromatic N) is 4. The Bertz CT molecular complexity index is 1130. The Hall–Kier alpha value is -3.39. The molecule has 0 unspecified atom stereocenters. The van der Waals surface area contributed by atoms with Gasteiger partial charge in [0.25, 0.3) is 0 Å². The highest BCUT2D eigenvalue weighted by Crippen LogP contribution is 2.37. The van der Waals surface area contributed by atoms with E-state index in [0.717, 1.165) is 30.9 Å². The molecule has 0 bridgehead atoms. The van der Waals surface area contributed by atoms with E-state index in [9.17, 15) is 10.5 Å². The SMILES string of the molecule is N#Cc1c(N)nc(SCc2ccccn2)c(C#N)c1-c1ccc([C@@H]2CCOC2)cc1. The number of nitrogens with two attached hydrogens (primary N) is 1. The minimum Gasteiger partial charge on any atom is -0.383 e. The molecule has 1 aliphatic rings. The molecule has 4 rings (SSSR count). The van der Waals surface area contributed by atoms with Gasteiger partial charge >= 0.3 is 0 Å². The molecule has 0 spiro atoms. The first-order chi connectivity index (χ1) is 14.7. The van der Waals surface area contributed by atoms with Crippen LogP contribution in [-0.2, 0) is 10.5 Å². The van der Waals surface area contributed by atoms with Gasteiger partial charge in [-0.3, -0.25) is 4.98 Å². The third-order valence-corrected chi connectivity index (χ3v) is 6.11. The number of benzene rings is 1. The zero-order chi connectivity index (χ0) is 20.9. The van der Waals surface area contributed by atoms with Gasteiger partial charge in [0.1, 0.15) is 28.5 Å². The highest BCUT2D eigenvalue weighted by Gasteiger charge is 2.22. The van der Waals surface area contributed by atoms with Crippen LogP contribution in [0.2, 0.25) is 0 Å². The minimum absolute atomic E-state index is 0.128. The normalized spacial score (nSPS) is 15.5. The summed E-state index contributed by atoms with van der Waals surface area (Å²) in [6.45, 7) is 1.50. The van der Waals surface area contributed by atoms with Crippen LogP contribution in [0.15, 0.2) is 53.7 Å². The van der Waals surface area contributed by atoms with E-state index in [-0.39, 0.29) is 11.4 Å². The van der Waals surface area contributed by atoms with Crippen molar-refractivity contribution in [3.8, 4) is 23.3 Å². The predicted octanol–water partition coefficient (Wildman–Crippen LogP) is 4.27. The van der Waals surface area contributed by atoms with E-state index in [1.165, 1.54) is 17.3 Å². The lowest BCUT2D eigenvalue weighted by atomic mass is 9.93. The van der Waals surface area contributed by atoms with Gasteiger partial charge in [0.05, 0.1) is 17.9 Å². The van der Waals surface area contributed by atoms with E-state index < -0.39 is 0 Å². The number of hydrogen-bond acceptors (Lipinski definition) is 7. The fraction of sp³-hybridized carbons (Fsp3) is 0.217. The Morgan fingerprint density at radius 2 is 1.90 bits per heavy atom. The molecular weight excluding hydrogens is 394 g/mol. The summed E-state index contributed by atoms with van der Waals surface area (Å²) < 4.78 is 5.48. The van der Waals surface area contributed by atoms with Gasteiger partial charge < -0.3 is 10.5 Å². The maximum absolute atomic E-state index is 9.91. The van der Waals surface area contributed by atoms with Gasteiger partial charge in [-0.1, -0.05) is 42.1 Å². The molecule has 0 radical (unpaired) electrons. The number of thioether (sulfide) groups is 1. The maximum atomic E-state index is 9.91. The molecule has 0 saturated carbocycles. The van der Waals surface area contributed by atoms with Crippen LogP contribution in [0.5, 0.6) is 0 Å². The minimum atomic E-state index is 0.128. The summed E-state index contributed by atoms with van der Waals surface area (Å²) in [5, 5.41) is 20.1. The Labute approximate surface area is 179 Å². The summed E-state index contributed by atoms with van der Waals surface area (Å²) in [6.07, 6.45) is 2.73. The zero-order valence-electron chi connectivity index (χ0n) is 16.2. The van der Waals surface area contributed by atoms with Crippen LogP contribution in [0.3, 0.4) is 0 Å². The van der Waals surface area contributed by atoms with Crippen molar-refractivity contribution in [3.05, 3.63) is 71.0 Å². The third kappa shape index (κ3) is 3.99. The molecule has 1 saturated heterocycles. The molecule has 30 heavy (non-hydrogen) atoms. The molecule has 3 aromatic rings. The fourth-order valence-corrected chi connectivity index (χ4v) is 4.45. The van der Waals surface area contributed by atoms with Crippen molar-refractivity contribution in [1.29, 1.82) is 10.5 Å². The van der Waals surface area contributed by atoms with Crippen molar-refractivity contribution >= 4 is 17.6 Å². The Morgan fingerprint density at radius 1 is 1.10 bits per heavy atom. The van der Waals surface area contributed by atoms with Crippen LogP contribution in [0, 0.1) is 22.7 Å². The topological polar surface area (TPSA) is 109 Å². The van der Waals surface area contributed by atoms with Crippen molar-refractivity contribution in [2.45, 2.75) is 23.1 Å². The lowest BCUT2D eigenvalue weighted by molar-refractivity contribution is 0.194. The number of rotatable bonds is 5. The molecular formula is C23H19N5OS. The Morgan fingerprint density at radius 3 is 2.53 bits per heavy atom. The van der Waals surface area contributed by atoms with Crippen molar-refractivity contribution in [1.82, 2.24) is 9.97 Å². The molecule has 1 atom stereocenters. The number of anilines is 1. The van der Waals surface area contributed by atoms with Crippen molar-refractivity contribution in [3.63, 3.8) is 0 Å². The van der Waals surface area contributed by atoms with Crippen molar-refractivity contribution < 1.29 is 4.74 Å². The molecule has 2 aromatic heterocycles. The van der Waals surface area contributed by atoms with E-state index in [4.69, 9.17) is 10.5 Å². The Kier molecular flexibility index (Phi) is 5.94. The third-order valence-electron chi connectivity index (χ3n) is 5.10. The van der Waals surface area contributed by atoms with Crippen LogP contribution < -0.4 is 5.73 Å². The zero-order valence-corrected chi connectivity index (χ0v) is 17.0. The molecule has 1 aliphatic heterocycles. The van der Waals surface area contributed by atoms with Gasteiger partial charge in [0.2, 0.25) is 0 Å². The van der Waals surface area contributed by atoms with Gasteiger partial charge in [0, 0.05) is 30.0 Å². The molecule has 3 heterocycles. The summed E-state index contributed by atoms with van der Waals surface area (Å²) in [4.78, 5) is 8.66. The largest absolute Gasteiger partial charge is 0.383 e. The Balaban J connectivity index is 1.73. The first-order valence-electron chi connectivity index (χ1n) is 9.55. The maximum Gasteiger partial charge on any atom is 0.143 e. The number of aromatic nitrogens is 2. The highest BCUT2D eigenvalue weighted by molar-refractivity contribution is 7.98. The number of ether oxygens (including phenoxy) is 1. The standard InChI is InChI=1S/C23H19N5OS/c24-11-19-21(16-6-4-15(5-7-16)17-8-10-29-13-17)20(12-25)23(28-22(19)26)30-14-18-3-1-2-9-27-18/h1-7,9,17H,8,10,13-14H2,(H2,26,28)/t17-/m1/s1. The van der Waals surface area contributed by atoms with Crippen LogP contribution in [0.25, 0.3) is 11.1 Å². The second-order valence-electron chi connectivity index (χ2n) is 6.94. The quantitative estimate of drug-likeness (QED) is 0.622. The molecule has 1 aromatic carbocycles. The molecule has 2 N–H and O–H groups in total. The summed E-state index contributed by atoms with van der Waals surface area (Å²) in [5.74, 6) is 1.06. The monoisotopic (exact) mass is 413 g/mol.